The molecule has 2 nitrogen and oxygen atoms in total. The summed E-state index contributed by atoms with van der Waals surface area (Å²) in [4.78, 5) is 0. The van der Waals surface area contributed by atoms with Gasteiger partial charge in [-0.25, -0.2) is 0 Å². The van der Waals surface area contributed by atoms with Crippen molar-refractivity contribution in [2.75, 3.05) is 6.54 Å². The Morgan fingerprint density at radius 2 is 1.81 bits per heavy atom. The van der Waals surface area contributed by atoms with E-state index >= 15 is 0 Å². The Morgan fingerprint density at radius 3 is 2.48 bits per heavy atom. The number of hydrogen-bond acceptors (Lipinski definition) is 2. The van der Waals surface area contributed by atoms with Crippen LogP contribution in [-0.2, 0) is 6.54 Å². The van der Waals surface area contributed by atoms with Gasteiger partial charge in [0.15, 0.2) is 0 Å². The third kappa shape index (κ3) is 4.48. The quantitative estimate of drug-likeness (QED) is 0.736. The lowest BCUT2D eigenvalue weighted by Gasteiger charge is -2.12. The summed E-state index contributed by atoms with van der Waals surface area (Å²) >= 11 is 6.21. The molecular weight excluding hydrogens is 282 g/mol. The highest BCUT2D eigenvalue weighted by Crippen LogP contribution is 2.31. The van der Waals surface area contributed by atoms with Gasteiger partial charge in [-0.3, -0.25) is 0 Å². The van der Waals surface area contributed by atoms with E-state index in [1.165, 1.54) is 5.56 Å². The predicted octanol–water partition coefficient (Wildman–Crippen LogP) is 5.25. The highest BCUT2D eigenvalue weighted by Gasteiger charge is 2.06. The average Bonchev–Trinajstić information content (AvgIpc) is 2.44. The second-order valence-electron chi connectivity index (χ2n) is 5.31. The lowest BCUT2D eigenvalue weighted by Crippen LogP contribution is -2.13. The number of nitrogens with one attached hydrogen (secondary N) is 1. The molecule has 0 spiro atoms. The molecule has 0 aliphatic rings. The Kier molecular flexibility index (Phi) is 5.66. The minimum absolute atomic E-state index is 0.642. The van der Waals surface area contributed by atoms with Crippen molar-refractivity contribution in [3.05, 3.63) is 58.1 Å². The summed E-state index contributed by atoms with van der Waals surface area (Å²) in [6.45, 7) is 8.16. The summed E-state index contributed by atoms with van der Waals surface area (Å²) in [5.74, 6) is 1.54. The van der Waals surface area contributed by atoms with Crippen molar-refractivity contribution in [3.8, 4) is 11.5 Å². The third-order valence-electron chi connectivity index (χ3n) is 3.30. The molecule has 0 amide bonds. The molecule has 0 aromatic heterocycles. The van der Waals surface area contributed by atoms with Crippen molar-refractivity contribution in [2.45, 2.75) is 33.7 Å². The average molecular weight is 304 g/mol. The van der Waals surface area contributed by atoms with E-state index in [4.69, 9.17) is 16.3 Å². The molecule has 1 N–H and O–H groups in total. The molecule has 0 radical (unpaired) electrons. The van der Waals surface area contributed by atoms with Crippen LogP contribution in [0, 0.1) is 13.8 Å². The van der Waals surface area contributed by atoms with E-state index in [1.807, 2.05) is 31.2 Å². The van der Waals surface area contributed by atoms with Gasteiger partial charge < -0.3 is 10.1 Å². The van der Waals surface area contributed by atoms with Crippen molar-refractivity contribution >= 4 is 11.6 Å². The number of rotatable bonds is 6. The molecule has 0 saturated heterocycles. The van der Waals surface area contributed by atoms with Crippen LogP contribution < -0.4 is 10.1 Å². The van der Waals surface area contributed by atoms with Crippen LogP contribution in [0.25, 0.3) is 0 Å². The Labute approximate surface area is 132 Å². The fourth-order valence-electron chi connectivity index (χ4n) is 2.15. The molecule has 0 unspecified atom stereocenters. The molecule has 0 aliphatic heterocycles. The first kappa shape index (κ1) is 15.9. The molecular formula is C18H22ClNO. The molecule has 0 saturated carbocycles. The van der Waals surface area contributed by atoms with E-state index in [0.717, 1.165) is 36.4 Å². The van der Waals surface area contributed by atoms with E-state index in [9.17, 15) is 0 Å². The Bertz CT molecular complexity index is 610. The van der Waals surface area contributed by atoms with Crippen LogP contribution in [0.15, 0.2) is 36.4 Å². The van der Waals surface area contributed by atoms with Gasteiger partial charge in [0.2, 0.25) is 0 Å². The number of ether oxygens (including phenoxy) is 1. The lowest BCUT2D eigenvalue weighted by atomic mass is 10.1. The summed E-state index contributed by atoms with van der Waals surface area (Å²) in [7, 11) is 0. The number of aryl methyl sites for hydroxylation is 2. The van der Waals surface area contributed by atoms with Gasteiger partial charge in [0, 0.05) is 6.54 Å². The first-order valence-electron chi connectivity index (χ1n) is 7.34. The summed E-state index contributed by atoms with van der Waals surface area (Å²) in [5, 5.41) is 4.04. The van der Waals surface area contributed by atoms with Gasteiger partial charge in [0.1, 0.15) is 11.5 Å². The molecule has 0 heterocycles. The molecule has 0 aliphatic carbocycles. The zero-order valence-electron chi connectivity index (χ0n) is 12.9. The zero-order chi connectivity index (χ0) is 15.2. The fraction of sp³-hybridized carbons (Fsp3) is 0.333. The van der Waals surface area contributed by atoms with Crippen molar-refractivity contribution in [1.82, 2.24) is 5.32 Å². The van der Waals surface area contributed by atoms with Crippen LogP contribution in [0.3, 0.4) is 0 Å². The van der Waals surface area contributed by atoms with Crippen LogP contribution in [-0.4, -0.2) is 6.54 Å². The van der Waals surface area contributed by atoms with Crippen molar-refractivity contribution in [3.63, 3.8) is 0 Å². The molecule has 3 heteroatoms. The molecule has 2 aromatic rings. The molecule has 2 aromatic carbocycles. The molecule has 21 heavy (non-hydrogen) atoms. The van der Waals surface area contributed by atoms with E-state index < -0.39 is 0 Å². The third-order valence-corrected chi connectivity index (χ3v) is 3.60. The maximum atomic E-state index is 6.21. The second-order valence-corrected chi connectivity index (χ2v) is 5.72. The normalized spacial score (nSPS) is 10.7. The number of halogens is 1. The Hall–Kier alpha value is -1.51. The lowest BCUT2D eigenvalue weighted by molar-refractivity contribution is 0.478. The fourth-order valence-corrected chi connectivity index (χ4v) is 2.43. The predicted molar refractivity (Wildman–Crippen MR) is 89.4 cm³/mol. The van der Waals surface area contributed by atoms with Crippen LogP contribution in [0.1, 0.15) is 30.0 Å². The van der Waals surface area contributed by atoms with Crippen LogP contribution in [0.2, 0.25) is 5.02 Å². The highest BCUT2D eigenvalue weighted by molar-refractivity contribution is 6.32. The van der Waals surface area contributed by atoms with Gasteiger partial charge in [0.25, 0.3) is 0 Å². The largest absolute Gasteiger partial charge is 0.456 e. The maximum absolute atomic E-state index is 6.21. The smallest absolute Gasteiger partial charge is 0.146 e. The molecule has 112 valence electrons. The summed E-state index contributed by atoms with van der Waals surface area (Å²) in [5.41, 5.74) is 3.51. The van der Waals surface area contributed by atoms with E-state index in [1.54, 1.807) is 0 Å². The SMILES string of the molecule is CCCNCc1ccc(Oc2ccc(C)cc2Cl)c(C)c1. The van der Waals surface area contributed by atoms with Crippen molar-refractivity contribution < 1.29 is 4.74 Å². The second kappa shape index (κ2) is 7.48. The summed E-state index contributed by atoms with van der Waals surface area (Å²) in [6, 6.07) is 12.1. The highest BCUT2D eigenvalue weighted by atomic mass is 35.5. The number of hydrogen-bond donors (Lipinski definition) is 1. The Morgan fingerprint density at radius 1 is 1.05 bits per heavy atom. The minimum atomic E-state index is 0.642. The first-order valence-corrected chi connectivity index (χ1v) is 7.72. The van der Waals surface area contributed by atoms with E-state index in [0.29, 0.717) is 10.8 Å². The van der Waals surface area contributed by atoms with Crippen molar-refractivity contribution in [2.24, 2.45) is 0 Å². The topological polar surface area (TPSA) is 21.3 Å². The van der Waals surface area contributed by atoms with Gasteiger partial charge >= 0.3 is 0 Å². The van der Waals surface area contributed by atoms with Crippen LogP contribution in [0.5, 0.6) is 11.5 Å². The standard InChI is InChI=1S/C18H22ClNO/c1-4-9-20-12-15-6-8-17(14(3)11-15)21-18-7-5-13(2)10-16(18)19/h5-8,10-11,20H,4,9,12H2,1-3H3. The molecule has 0 atom stereocenters. The monoisotopic (exact) mass is 303 g/mol. The van der Waals surface area contributed by atoms with Crippen LogP contribution in [0.4, 0.5) is 0 Å². The van der Waals surface area contributed by atoms with Gasteiger partial charge in [-0.15, -0.1) is 0 Å². The minimum Gasteiger partial charge on any atom is -0.456 e. The summed E-state index contributed by atoms with van der Waals surface area (Å²) in [6.07, 6.45) is 1.14. The molecule has 2 rings (SSSR count). The van der Waals surface area contributed by atoms with Crippen LogP contribution >= 0.6 is 11.6 Å². The zero-order valence-corrected chi connectivity index (χ0v) is 13.6. The van der Waals surface area contributed by atoms with Crippen molar-refractivity contribution in [1.29, 1.82) is 0 Å². The van der Waals surface area contributed by atoms with Gasteiger partial charge in [-0.1, -0.05) is 36.7 Å². The maximum Gasteiger partial charge on any atom is 0.146 e. The first-order chi connectivity index (χ1) is 10.1. The molecule has 0 bridgehead atoms. The van der Waals surface area contributed by atoms with Gasteiger partial charge in [0.05, 0.1) is 5.02 Å². The Balaban J connectivity index is 2.10. The van der Waals surface area contributed by atoms with E-state index in [-0.39, 0.29) is 0 Å². The van der Waals surface area contributed by atoms with E-state index in [2.05, 4.69) is 31.3 Å². The molecule has 0 fully saturated rings. The van der Waals surface area contributed by atoms with Gasteiger partial charge in [-0.2, -0.15) is 0 Å². The number of benzene rings is 2. The van der Waals surface area contributed by atoms with Gasteiger partial charge in [-0.05, 0) is 61.7 Å². The summed E-state index contributed by atoms with van der Waals surface area (Å²) < 4.78 is 5.92.